The highest BCUT2D eigenvalue weighted by Crippen LogP contribution is 2.30. The summed E-state index contributed by atoms with van der Waals surface area (Å²) in [5.74, 6) is 0. The zero-order valence-corrected chi connectivity index (χ0v) is 9.29. The van der Waals surface area contributed by atoms with E-state index in [2.05, 4.69) is 4.99 Å². The second-order valence-corrected chi connectivity index (χ2v) is 5.77. The van der Waals surface area contributed by atoms with E-state index >= 15 is 0 Å². The summed E-state index contributed by atoms with van der Waals surface area (Å²) in [4.78, 5) is 4.37. The molecule has 1 heterocycles. The van der Waals surface area contributed by atoms with Crippen LogP contribution in [-0.4, -0.2) is 14.6 Å². The molecule has 0 atom stereocenters. The van der Waals surface area contributed by atoms with Gasteiger partial charge in [0, 0.05) is 23.3 Å². The smallest absolute Gasteiger partial charge is 0.257 e. The summed E-state index contributed by atoms with van der Waals surface area (Å²) in [5.41, 5.74) is 1.64. The summed E-state index contributed by atoms with van der Waals surface area (Å²) in [6.07, 6.45) is 10.6. The van der Waals surface area contributed by atoms with Crippen LogP contribution in [0, 0.1) is 0 Å². The van der Waals surface area contributed by atoms with Crippen LogP contribution in [0.25, 0.3) is 0 Å². The maximum atomic E-state index is 11.1. The van der Waals surface area contributed by atoms with E-state index in [1.807, 2.05) is 12.2 Å². The molecule has 0 unspecified atom stereocenters. The normalized spacial score (nSPS) is 19.9. The van der Waals surface area contributed by atoms with Crippen molar-refractivity contribution >= 4 is 25.9 Å². The highest BCUT2D eigenvalue weighted by molar-refractivity contribution is 8.16. The van der Waals surface area contributed by atoms with Gasteiger partial charge in [0.05, 0.1) is 10.6 Å². The second kappa shape index (κ2) is 3.79. The molecule has 2 aliphatic rings. The number of halogens is 1. The van der Waals surface area contributed by atoms with Gasteiger partial charge in [0.25, 0.3) is 9.05 Å². The molecule has 0 fully saturated rings. The van der Waals surface area contributed by atoms with Gasteiger partial charge in [-0.25, -0.2) is 8.42 Å². The standard InChI is InChI=1S/C10H8ClNO2S/c11-15(13,14)9-4-5-10-8(7-9)3-1-2-6-12-10/h1-6H,7H2. The Morgan fingerprint density at radius 2 is 2.00 bits per heavy atom. The Hall–Kier alpha value is -1.13. The molecule has 0 aromatic rings. The summed E-state index contributed by atoms with van der Waals surface area (Å²) in [6, 6.07) is 0. The first kappa shape index (κ1) is 10.4. The van der Waals surface area contributed by atoms with Gasteiger partial charge in [0.15, 0.2) is 0 Å². The van der Waals surface area contributed by atoms with Crippen LogP contribution < -0.4 is 0 Å². The first-order chi connectivity index (χ1) is 7.07. The molecule has 0 saturated carbocycles. The molecular weight excluding hydrogens is 234 g/mol. The van der Waals surface area contributed by atoms with Crippen LogP contribution in [0.15, 0.2) is 51.5 Å². The molecule has 15 heavy (non-hydrogen) atoms. The van der Waals surface area contributed by atoms with E-state index in [-0.39, 0.29) is 4.91 Å². The largest absolute Gasteiger partial charge is 0.257 e. The lowest BCUT2D eigenvalue weighted by Crippen LogP contribution is -2.02. The van der Waals surface area contributed by atoms with Crippen LogP contribution in [0.1, 0.15) is 6.42 Å². The molecule has 0 aromatic carbocycles. The van der Waals surface area contributed by atoms with Crippen LogP contribution in [0.4, 0.5) is 0 Å². The number of hydrogen-bond donors (Lipinski definition) is 0. The Kier molecular flexibility index (Phi) is 2.63. The van der Waals surface area contributed by atoms with Crippen molar-refractivity contribution in [3.63, 3.8) is 0 Å². The van der Waals surface area contributed by atoms with Crippen molar-refractivity contribution < 1.29 is 8.42 Å². The van der Waals surface area contributed by atoms with Crippen molar-refractivity contribution in [3.8, 4) is 0 Å². The van der Waals surface area contributed by atoms with Crippen molar-refractivity contribution in [3.05, 3.63) is 46.6 Å². The topological polar surface area (TPSA) is 46.5 Å². The molecule has 0 amide bonds. The van der Waals surface area contributed by atoms with E-state index in [1.54, 1.807) is 18.4 Å². The van der Waals surface area contributed by atoms with Crippen LogP contribution in [0.2, 0.25) is 0 Å². The fourth-order valence-electron chi connectivity index (χ4n) is 1.40. The average molecular weight is 242 g/mol. The lowest BCUT2D eigenvalue weighted by Gasteiger charge is -2.12. The minimum atomic E-state index is -3.62. The predicted octanol–water partition coefficient (Wildman–Crippen LogP) is 2.29. The molecule has 0 bridgehead atoms. The third-order valence-corrected chi connectivity index (χ3v) is 3.64. The van der Waals surface area contributed by atoms with Crippen molar-refractivity contribution in [1.82, 2.24) is 0 Å². The van der Waals surface area contributed by atoms with Crippen LogP contribution in [0.5, 0.6) is 0 Å². The molecule has 3 nitrogen and oxygen atoms in total. The minimum absolute atomic E-state index is 0.213. The van der Waals surface area contributed by atoms with Crippen molar-refractivity contribution in [2.75, 3.05) is 0 Å². The minimum Gasteiger partial charge on any atom is -0.257 e. The molecule has 0 spiro atoms. The van der Waals surface area contributed by atoms with Gasteiger partial charge < -0.3 is 0 Å². The number of allylic oxidation sites excluding steroid dienone is 7. The zero-order valence-electron chi connectivity index (χ0n) is 7.72. The quantitative estimate of drug-likeness (QED) is 0.662. The number of hydrogen-bond acceptors (Lipinski definition) is 3. The zero-order chi connectivity index (χ0) is 10.9. The maximum absolute atomic E-state index is 11.1. The van der Waals surface area contributed by atoms with E-state index in [9.17, 15) is 8.42 Å². The number of rotatable bonds is 1. The lowest BCUT2D eigenvalue weighted by atomic mass is 10.0. The van der Waals surface area contributed by atoms with E-state index in [0.29, 0.717) is 6.42 Å². The molecule has 0 radical (unpaired) electrons. The van der Waals surface area contributed by atoms with Crippen LogP contribution in [0.3, 0.4) is 0 Å². The summed E-state index contributed by atoms with van der Waals surface area (Å²) >= 11 is 0. The number of aliphatic imine (C=N–C) groups is 1. The van der Waals surface area contributed by atoms with Crippen molar-refractivity contribution in [2.24, 2.45) is 4.99 Å². The van der Waals surface area contributed by atoms with E-state index < -0.39 is 9.05 Å². The Morgan fingerprint density at radius 3 is 2.73 bits per heavy atom. The third-order valence-electron chi connectivity index (χ3n) is 2.14. The monoisotopic (exact) mass is 241 g/mol. The van der Waals surface area contributed by atoms with Gasteiger partial charge >= 0.3 is 0 Å². The van der Waals surface area contributed by atoms with Gasteiger partial charge in [-0.2, -0.15) is 0 Å². The number of nitrogens with zero attached hydrogens (tertiary/aromatic N) is 1. The van der Waals surface area contributed by atoms with Gasteiger partial charge in [-0.3, -0.25) is 4.99 Å². The molecule has 0 N–H and O–H groups in total. The van der Waals surface area contributed by atoms with Crippen LogP contribution >= 0.6 is 10.7 Å². The van der Waals surface area contributed by atoms with E-state index in [4.69, 9.17) is 10.7 Å². The SMILES string of the molecule is O=S(=O)(Cl)C1=CC=C2N=CC=CC=C2C1. The molecule has 2 rings (SSSR count). The Balaban J connectivity index is 2.45. The third kappa shape index (κ3) is 2.27. The maximum Gasteiger partial charge on any atom is 0.257 e. The summed E-state index contributed by atoms with van der Waals surface area (Å²) in [5, 5.41) is 0. The summed E-state index contributed by atoms with van der Waals surface area (Å²) < 4.78 is 22.3. The molecule has 5 heteroatoms. The van der Waals surface area contributed by atoms with E-state index in [1.165, 1.54) is 6.08 Å². The summed E-state index contributed by atoms with van der Waals surface area (Å²) in [6.45, 7) is 0. The predicted molar refractivity (Wildman–Crippen MR) is 61.3 cm³/mol. The molecule has 0 saturated heterocycles. The van der Waals surface area contributed by atoms with Gasteiger partial charge in [-0.1, -0.05) is 12.2 Å². The van der Waals surface area contributed by atoms with Gasteiger partial charge in [-0.05, 0) is 23.8 Å². The molecule has 0 aromatic heterocycles. The molecule has 78 valence electrons. The molecular formula is C10H8ClNO2S. The Bertz CT molecular complexity index is 536. The van der Waals surface area contributed by atoms with Gasteiger partial charge in [0.1, 0.15) is 0 Å². The molecule has 1 aliphatic carbocycles. The van der Waals surface area contributed by atoms with Crippen molar-refractivity contribution in [2.45, 2.75) is 6.42 Å². The molecule has 1 aliphatic heterocycles. The second-order valence-electron chi connectivity index (χ2n) is 3.15. The first-order valence-corrected chi connectivity index (χ1v) is 6.64. The highest BCUT2D eigenvalue weighted by Gasteiger charge is 2.20. The van der Waals surface area contributed by atoms with E-state index in [0.717, 1.165) is 11.3 Å². The fraction of sp³-hybridized carbons (Fsp3) is 0.100. The average Bonchev–Trinajstić information content (AvgIpc) is 2.39. The van der Waals surface area contributed by atoms with Crippen molar-refractivity contribution in [1.29, 1.82) is 0 Å². The van der Waals surface area contributed by atoms with Gasteiger partial charge in [-0.15, -0.1) is 0 Å². The van der Waals surface area contributed by atoms with Crippen LogP contribution in [-0.2, 0) is 9.05 Å². The Labute approximate surface area is 92.6 Å². The highest BCUT2D eigenvalue weighted by atomic mass is 35.7. The van der Waals surface area contributed by atoms with Gasteiger partial charge in [0.2, 0.25) is 0 Å². The first-order valence-electron chi connectivity index (χ1n) is 4.33. The number of fused-ring (bicyclic) bond motifs is 1. The Morgan fingerprint density at radius 1 is 1.20 bits per heavy atom. The lowest BCUT2D eigenvalue weighted by molar-refractivity contribution is 0.614. The fourth-order valence-corrected chi connectivity index (χ4v) is 2.28. The summed E-state index contributed by atoms with van der Waals surface area (Å²) in [7, 11) is 1.66.